The molecule has 4 heterocycles. The molecule has 5 rings (SSSR count). The van der Waals surface area contributed by atoms with E-state index in [1.165, 1.54) is 0 Å². The third-order valence-corrected chi connectivity index (χ3v) is 5.61. The molecule has 3 aromatic heterocycles. The summed E-state index contributed by atoms with van der Waals surface area (Å²) in [5, 5.41) is 0.929. The summed E-state index contributed by atoms with van der Waals surface area (Å²) in [6, 6.07) is 15.4. The fourth-order valence-corrected chi connectivity index (χ4v) is 4.02. The lowest BCUT2D eigenvalue weighted by atomic mass is 10.2. The van der Waals surface area contributed by atoms with Crippen LogP contribution in [0.5, 0.6) is 0 Å². The van der Waals surface area contributed by atoms with Gasteiger partial charge < -0.3 is 18.6 Å². The third kappa shape index (κ3) is 4.17. The summed E-state index contributed by atoms with van der Waals surface area (Å²) in [7, 11) is 0. The fraction of sp³-hybridized carbons (Fsp3) is 0.292. The second-order valence-corrected chi connectivity index (χ2v) is 7.70. The van der Waals surface area contributed by atoms with Gasteiger partial charge in [0.25, 0.3) is 0 Å². The minimum Gasteiger partial charge on any atom is -0.467 e. The van der Waals surface area contributed by atoms with Gasteiger partial charge in [-0.25, -0.2) is 9.97 Å². The van der Waals surface area contributed by atoms with Gasteiger partial charge >= 0.3 is 0 Å². The third-order valence-electron chi connectivity index (χ3n) is 5.61. The molecule has 1 amide bonds. The second kappa shape index (κ2) is 8.63. The summed E-state index contributed by atoms with van der Waals surface area (Å²) >= 11 is 0. The molecule has 1 aliphatic rings. The zero-order valence-electron chi connectivity index (χ0n) is 17.2. The summed E-state index contributed by atoms with van der Waals surface area (Å²) < 4.78 is 11.2. The molecule has 1 fully saturated rings. The molecule has 0 unspecified atom stereocenters. The van der Waals surface area contributed by atoms with E-state index < -0.39 is 0 Å². The topological polar surface area (TPSA) is 75.6 Å². The summed E-state index contributed by atoms with van der Waals surface area (Å²) in [6.07, 6.45) is 5.88. The molecule has 1 aromatic carbocycles. The maximum Gasteiger partial charge on any atom is 0.224 e. The zero-order chi connectivity index (χ0) is 21.0. The lowest BCUT2D eigenvalue weighted by Crippen LogP contribution is -2.33. The number of para-hydroxylation sites is 1. The van der Waals surface area contributed by atoms with Crippen LogP contribution in [-0.2, 0) is 11.3 Å². The zero-order valence-corrected chi connectivity index (χ0v) is 17.2. The predicted octanol–water partition coefficient (Wildman–Crippen LogP) is 4.50. The van der Waals surface area contributed by atoms with Gasteiger partial charge in [0.1, 0.15) is 11.6 Å². The van der Waals surface area contributed by atoms with Gasteiger partial charge in [-0.15, -0.1) is 0 Å². The number of aromatic nitrogens is 2. The van der Waals surface area contributed by atoms with Crippen LogP contribution in [0.4, 0.5) is 5.82 Å². The van der Waals surface area contributed by atoms with Crippen molar-refractivity contribution < 1.29 is 13.6 Å². The maximum absolute atomic E-state index is 12.7. The van der Waals surface area contributed by atoms with Crippen molar-refractivity contribution in [2.24, 2.45) is 0 Å². The number of carbonyl (C=O) groups excluding carboxylic acids is 1. The van der Waals surface area contributed by atoms with E-state index in [0.29, 0.717) is 31.1 Å². The highest BCUT2D eigenvalue weighted by atomic mass is 16.3. The van der Waals surface area contributed by atoms with Gasteiger partial charge in [-0.1, -0.05) is 12.1 Å². The molecule has 31 heavy (non-hydrogen) atoms. The Labute approximate surface area is 180 Å². The SMILES string of the molecule is O=C(CCN(Cc1ccco1)c1nc(-c2ccco2)nc2ccccc12)N1CCCC1. The molecule has 0 N–H and O–H groups in total. The van der Waals surface area contributed by atoms with Crippen molar-refractivity contribution >= 4 is 22.6 Å². The van der Waals surface area contributed by atoms with Gasteiger partial charge in [-0.05, 0) is 49.2 Å². The van der Waals surface area contributed by atoms with E-state index >= 15 is 0 Å². The van der Waals surface area contributed by atoms with Gasteiger partial charge in [0.05, 0.1) is 24.6 Å². The maximum atomic E-state index is 12.7. The van der Waals surface area contributed by atoms with Crippen LogP contribution >= 0.6 is 0 Å². The number of hydrogen-bond donors (Lipinski definition) is 0. The lowest BCUT2D eigenvalue weighted by Gasteiger charge is -2.25. The minimum absolute atomic E-state index is 0.187. The average molecular weight is 416 g/mol. The van der Waals surface area contributed by atoms with E-state index in [2.05, 4.69) is 9.88 Å². The first-order chi connectivity index (χ1) is 15.3. The lowest BCUT2D eigenvalue weighted by molar-refractivity contribution is -0.129. The Kier molecular flexibility index (Phi) is 5.39. The van der Waals surface area contributed by atoms with Crippen LogP contribution in [0.15, 0.2) is 69.9 Å². The van der Waals surface area contributed by atoms with Crippen molar-refractivity contribution in [3.63, 3.8) is 0 Å². The molecular weight excluding hydrogens is 392 g/mol. The van der Waals surface area contributed by atoms with E-state index in [4.69, 9.17) is 13.8 Å². The van der Waals surface area contributed by atoms with Gasteiger partial charge in [-0.3, -0.25) is 4.79 Å². The quantitative estimate of drug-likeness (QED) is 0.441. The normalized spacial score (nSPS) is 13.7. The predicted molar refractivity (Wildman–Crippen MR) is 117 cm³/mol. The molecule has 1 aliphatic heterocycles. The Morgan fingerprint density at radius 1 is 0.968 bits per heavy atom. The highest BCUT2D eigenvalue weighted by molar-refractivity contribution is 5.91. The molecule has 4 aromatic rings. The molecule has 158 valence electrons. The number of benzene rings is 1. The summed E-state index contributed by atoms with van der Waals surface area (Å²) in [5.41, 5.74) is 0.828. The van der Waals surface area contributed by atoms with Crippen molar-refractivity contribution in [3.8, 4) is 11.6 Å². The number of fused-ring (bicyclic) bond motifs is 1. The van der Waals surface area contributed by atoms with Crippen LogP contribution in [0.3, 0.4) is 0 Å². The van der Waals surface area contributed by atoms with Crippen molar-refractivity contribution in [2.75, 3.05) is 24.5 Å². The van der Waals surface area contributed by atoms with Crippen LogP contribution in [-0.4, -0.2) is 40.4 Å². The van der Waals surface area contributed by atoms with Crippen LogP contribution < -0.4 is 4.90 Å². The molecule has 0 bridgehead atoms. The van der Waals surface area contributed by atoms with Crippen LogP contribution in [0.25, 0.3) is 22.5 Å². The molecule has 0 aliphatic carbocycles. The van der Waals surface area contributed by atoms with Crippen LogP contribution in [0, 0.1) is 0 Å². The summed E-state index contributed by atoms with van der Waals surface area (Å²) in [5.74, 6) is 2.90. The largest absolute Gasteiger partial charge is 0.467 e. The van der Waals surface area contributed by atoms with Crippen molar-refractivity contribution in [1.82, 2.24) is 14.9 Å². The number of furan rings is 2. The monoisotopic (exact) mass is 416 g/mol. The smallest absolute Gasteiger partial charge is 0.224 e. The number of carbonyl (C=O) groups is 1. The van der Waals surface area contributed by atoms with Crippen LogP contribution in [0.1, 0.15) is 25.0 Å². The number of anilines is 1. The number of rotatable bonds is 7. The molecule has 0 spiro atoms. The first kappa shape index (κ1) is 19.4. The van der Waals surface area contributed by atoms with Gasteiger partial charge in [0.15, 0.2) is 11.6 Å². The summed E-state index contributed by atoms with van der Waals surface area (Å²) in [4.78, 5) is 26.3. The van der Waals surface area contributed by atoms with Crippen LogP contribution in [0.2, 0.25) is 0 Å². The fourth-order valence-electron chi connectivity index (χ4n) is 4.02. The number of hydrogen-bond acceptors (Lipinski definition) is 6. The Hall–Kier alpha value is -3.61. The highest BCUT2D eigenvalue weighted by Crippen LogP contribution is 2.29. The number of nitrogens with zero attached hydrogens (tertiary/aromatic N) is 4. The Balaban J connectivity index is 1.51. The van der Waals surface area contributed by atoms with E-state index in [-0.39, 0.29) is 5.91 Å². The number of likely N-dealkylation sites (tertiary alicyclic amines) is 1. The first-order valence-electron chi connectivity index (χ1n) is 10.6. The molecule has 7 nitrogen and oxygen atoms in total. The second-order valence-electron chi connectivity index (χ2n) is 7.70. The van der Waals surface area contributed by atoms with E-state index in [9.17, 15) is 4.79 Å². The first-order valence-corrected chi connectivity index (χ1v) is 10.6. The summed E-state index contributed by atoms with van der Waals surface area (Å²) in [6.45, 7) is 2.76. The minimum atomic E-state index is 0.187. The standard InChI is InChI=1S/C24H24N4O3/c29-22(27-12-3-4-13-27)11-14-28(17-18-7-5-15-30-18)24-19-8-1-2-9-20(19)25-23(26-24)21-10-6-16-31-21/h1-2,5-10,15-16H,3-4,11-14,17H2. The highest BCUT2D eigenvalue weighted by Gasteiger charge is 2.22. The van der Waals surface area contributed by atoms with Gasteiger partial charge in [0.2, 0.25) is 5.91 Å². The molecule has 1 saturated heterocycles. The van der Waals surface area contributed by atoms with Crippen molar-refractivity contribution in [3.05, 3.63) is 66.8 Å². The van der Waals surface area contributed by atoms with Gasteiger partial charge in [-0.2, -0.15) is 0 Å². The Morgan fingerprint density at radius 3 is 2.55 bits per heavy atom. The molecule has 0 atom stereocenters. The van der Waals surface area contributed by atoms with E-state index in [1.54, 1.807) is 12.5 Å². The molecule has 0 radical (unpaired) electrons. The molecule has 0 saturated carbocycles. The van der Waals surface area contributed by atoms with Crippen molar-refractivity contribution in [2.45, 2.75) is 25.8 Å². The molecular formula is C24H24N4O3. The average Bonchev–Trinajstić information content (AvgIpc) is 3.59. The Bertz CT molecular complexity index is 1150. The van der Waals surface area contributed by atoms with E-state index in [1.807, 2.05) is 53.4 Å². The van der Waals surface area contributed by atoms with E-state index in [0.717, 1.165) is 48.4 Å². The van der Waals surface area contributed by atoms with Crippen molar-refractivity contribution in [1.29, 1.82) is 0 Å². The number of amides is 1. The Morgan fingerprint density at radius 2 is 1.77 bits per heavy atom. The van der Waals surface area contributed by atoms with Gasteiger partial charge in [0, 0.05) is 31.4 Å². The molecule has 7 heteroatoms.